The second-order valence-electron chi connectivity index (χ2n) is 4.57. The summed E-state index contributed by atoms with van der Waals surface area (Å²) in [7, 11) is 1.94. The van der Waals surface area contributed by atoms with Gasteiger partial charge in [-0.1, -0.05) is 41.4 Å². The molecule has 1 N–H and O–H groups in total. The van der Waals surface area contributed by atoms with Gasteiger partial charge in [0, 0.05) is 21.7 Å². The van der Waals surface area contributed by atoms with Crippen LogP contribution in [0.4, 0.5) is 0 Å². The van der Waals surface area contributed by atoms with Gasteiger partial charge in [0.15, 0.2) is 0 Å². The fourth-order valence-electron chi connectivity index (χ4n) is 1.85. The minimum atomic E-state index is 0.321. The molecule has 0 saturated carbocycles. The number of halogens is 2. The van der Waals surface area contributed by atoms with Crippen LogP contribution < -0.4 is 10.1 Å². The zero-order valence-corrected chi connectivity index (χ0v) is 13.0. The van der Waals surface area contributed by atoms with Crippen molar-refractivity contribution in [2.24, 2.45) is 0 Å². The third-order valence-electron chi connectivity index (χ3n) is 3.26. The quantitative estimate of drug-likeness (QED) is 0.852. The zero-order chi connectivity index (χ0) is 14.5. The topological polar surface area (TPSA) is 21.3 Å². The Morgan fingerprint density at radius 1 is 1.05 bits per heavy atom. The molecular weight excluding hydrogens is 293 g/mol. The van der Waals surface area contributed by atoms with Crippen LogP contribution in [0.15, 0.2) is 42.5 Å². The molecule has 0 radical (unpaired) electrons. The number of hydrogen-bond donors (Lipinski definition) is 1. The highest BCUT2D eigenvalue weighted by atomic mass is 35.5. The Morgan fingerprint density at radius 3 is 2.20 bits per heavy atom. The number of ether oxygens (including phenoxy) is 1. The lowest BCUT2D eigenvalue weighted by molar-refractivity contribution is 0.306. The van der Waals surface area contributed by atoms with Crippen molar-refractivity contribution in [2.45, 2.75) is 19.6 Å². The Hall–Kier alpha value is -1.22. The highest BCUT2D eigenvalue weighted by Gasteiger charge is 2.07. The van der Waals surface area contributed by atoms with Gasteiger partial charge in [-0.2, -0.15) is 0 Å². The van der Waals surface area contributed by atoms with Gasteiger partial charge in [0.2, 0.25) is 0 Å². The van der Waals surface area contributed by atoms with Crippen LogP contribution in [0.5, 0.6) is 5.75 Å². The van der Waals surface area contributed by atoms with Gasteiger partial charge in [0.25, 0.3) is 0 Å². The lowest BCUT2D eigenvalue weighted by Gasteiger charge is -2.12. The van der Waals surface area contributed by atoms with E-state index in [1.807, 2.05) is 49.5 Å². The van der Waals surface area contributed by atoms with Gasteiger partial charge in [-0.05, 0) is 43.8 Å². The molecule has 0 fully saturated rings. The lowest BCUT2D eigenvalue weighted by Crippen LogP contribution is -2.11. The maximum atomic E-state index is 6.11. The average molecular weight is 310 g/mol. The summed E-state index contributed by atoms with van der Waals surface area (Å²) in [6.07, 6.45) is 0. The molecule has 2 nitrogen and oxygen atoms in total. The first-order valence-corrected chi connectivity index (χ1v) is 7.20. The minimum Gasteiger partial charge on any atom is -0.489 e. The summed E-state index contributed by atoms with van der Waals surface area (Å²) >= 11 is 12.2. The van der Waals surface area contributed by atoms with Gasteiger partial charge in [-0.3, -0.25) is 0 Å². The van der Waals surface area contributed by atoms with Crippen LogP contribution in [-0.4, -0.2) is 7.05 Å². The van der Waals surface area contributed by atoms with Crippen LogP contribution in [0.25, 0.3) is 0 Å². The molecule has 2 rings (SSSR count). The van der Waals surface area contributed by atoms with E-state index in [9.17, 15) is 0 Å². The van der Waals surface area contributed by atoms with Crippen molar-refractivity contribution in [3.63, 3.8) is 0 Å². The highest BCUT2D eigenvalue weighted by molar-refractivity contribution is 6.35. The van der Waals surface area contributed by atoms with E-state index in [-0.39, 0.29) is 0 Å². The molecule has 1 unspecified atom stereocenters. The van der Waals surface area contributed by atoms with E-state index < -0.39 is 0 Å². The highest BCUT2D eigenvalue weighted by Crippen LogP contribution is 2.26. The first kappa shape index (κ1) is 15.2. The molecular formula is C16H17Cl2NO. The molecule has 0 bridgehead atoms. The minimum absolute atomic E-state index is 0.321. The number of benzene rings is 2. The molecule has 4 heteroatoms. The van der Waals surface area contributed by atoms with Crippen molar-refractivity contribution in [2.75, 3.05) is 7.05 Å². The van der Waals surface area contributed by atoms with E-state index in [0.717, 1.165) is 11.3 Å². The van der Waals surface area contributed by atoms with E-state index in [1.54, 1.807) is 0 Å². The molecule has 1 atom stereocenters. The number of nitrogens with one attached hydrogen (secondary N) is 1. The molecule has 0 aliphatic carbocycles. The van der Waals surface area contributed by atoms with Crippen LogP contribution in [0.3, 0.4) is 0 Å². The van der Waals surface area contributed by atoms with Crippen LogP contribution in [0.2, 0.25) is 10.0 Å². The molecule has 2 aromatic rings. The first-order valence-electron chi connectivity index (χ1n) is 6.44. The van der Waals surface area contributed by atoms with Crippen molar-refractivity contribution in [1.82, 2.24) is 5.32 Å². The summed E-state index contributed by atoms with van der Waals surface area (Å²) in [6.45, 7) is 2.47. The third-order valence-corrected chi connectivity index (χ3v) is 3.97. The predicted octanol–water partition coefficient (Wildman–Crippen LogP) is 4.85. The molecule has 20 heavy (non-hydrogen) atoms. The summed E-state index contributed by atoms with van der Waals surface area (Å²) in [5, 5.41) is 4.44. The molecule has 0 amide bonds. The van der Waals surface area contributed by atoms with Crippen LogP contribution in [-0.2, 0) is 6.61 Å². The van der Waals surface area contributed by atoms with E-state index in [1.165, 1.54) is 5.56 Å². The van der Waals surface area contributed by atoms with E-state index in [0.29, 0.717) is 22.7 Å². The Balaban J connectivity index is 2.04. The molecule has 0 aliphatic rings. The van der Waals surface area contributed by atoms with E-state index in [2.05, 4.69) is 12.2 Å². The Labute approximate surface area is 129 Å². The second-order valence-corrected chi connectivity index (χ2v) is 5.38. The molecule has 2 aromatic carbocycles. The van der Waals surface area contributed by atoms with Crippen LogP contribution in [0.1, 0.15) is 24.1 Å². The first-order chi connectivity index (χ1) is 9.61. The van der Waals surface area contributed by atoms with Gasteiger partial charge >= 0.3 is 0 Å². The summed E-state index contributed by atoms with van der Waals surface area (Å²) in [5.74, 6) is 0.799. The largest absolute Gasteiger partial charge is 0.489 e. The summed E-state index contributed by atoms with van der Waals surface area (Å²) in [5.41, 5.74) is 2.03. The monoisotopic (exact) mass is 309 g/mol. The van der Waals surface area contributed by atoms with E-state index in [4.69, 9.17) is 27.9 Å². The van der Waals surface area contributed by atoms with Crippen molar-refractivity contribution < 1.29 is 4.74 Å². The number of rotatable bonds is 5. The van der Waals surface area contributed by atoms with Crippen LogP contribution in [0, 0.1) is 0 Å². The Kier molecular flexibility index (Phi) is 5.30. The summed E-state index contributed by atoms with van der Waals surface area (Å²) in [6, 6.07) is 13.8. The van der Waals surface area contributed by atoms with Crippen LogP contribution >= 0.6 is 23.2 Å². The average Bonchev–Trinajstić information content (AvgIpc) is 2.46. The normalized spacial score (nSPS) is 12.2. The standard InChI is InChI=1S/C16H17Cl2NO/c1-11(19-2)12-6-8-13(9-7-12)20-10-14-15(17)4-3-5-16(14)18/h3-9,11,19H,10H2,1-2H3. The molecule has 106 valence electrons. The van der Waals surface area contributed by atoms with Gasteiger partial charge in [0.05, 0.1) is 0 Å². The molecule has 0 aliphatic heterocycles. The fraction of sp³-hybridized carbons (Fsp3) is 0.250. The summed E-state index contributed by atoms with van der Waals surface area (Å²) in [4.78, 5) is 0. The van der Waals surface area contributed by atoms with Crippen molar-refractivity contribution in [1.29, 1.82) is 0 Å². The SMILES string of the molecule is CNC(C)c1ccc(OCc2c(Cl)cccc2Cl)cc1. The Bertz CT molecular complexity index is 549. The fourth-order valence-corrected chi connectivity index (χ4v) is 2.35. The van der Waals surface area contributed by atoms with E-state index >= 15 is 0 Å². The summed E-state index contributed by atoms with van der Waals surface area (Å²) < 4.78 is 5.73. The molecule has 0 aromatic heterocycles. The smallest absolute Gasteiger partial charge is 0.119 e. The second kappa shape index (κ2) is 6.98. The van der Waals surface area contributed by atoms with Gasteiger partial charge in [-0.25, -0.2) is 0 Å². The molecule has 0 heterocycles. The maximum absolute atomic E-state index is 6.11. The Morgan fingerprint density at radius 2 is 1.65 bits per heavy atom. The molecule has 0 saturated heterocycles. The van der Waals surface area contributed by atoms with Gasteiger partial charge in [0.1, 0.15) is 12.4 Å². The van der Waals surface area contributed by atoms with Crippen molar-refractivity contribution >= 4 is 23.2 Å². The molecule has 0 spiro atoms. The zero-order valence-electron chi connectivity index (χ0n) is 11.5. The van der Waals surface area contributed by atoms with Crippen molar-refractivity contribution in [3.05, 3.63) is 63.6 Å². The predicted molar refractivity (Wildman–Crippen MR) is 84.7 cm³/mol. The number of hydrogen-bond acceptors (Lipinski definition) is 2. The maximum Gasteiger partial charge on any atom is 0.119 e. The van der Waals surface area contributed by atoms with Gasteiger partial charge < -0.3 is 10.1 Å². The van der Waals surface area contributed by atoms with Gasteiger partial charge in [-0.15, -0.1) is 0 Å². The lowest BCUT2D eigenvalue weighted by atomic mass is 10.1. The van der Waals surface area contributed by atoms with Crippen molar-refractivity contribution in [3.8, 4) is 5.75 Å². The third kappa shape index (κ3) is 3.66.